The Labute approximate surface area is 241 Å². The molecule has 0 bridgehead atoms. The van der Waals surface area contributed by atoms with E-state index in [4.69, 9.17) is 15.6 Å². The third kappa shape index (κ3) is 5.97. The number of benzene rings is 2. The van der Waals surface area contributed by atoms with E-state index in [0.717, 1.165) is 5.56 Å². The normalized spacial score (nSPS) is 11.2. The van der Waals surface area contributed by atoms with Gasteiger partial charge in [-0.2, -0.15) is 0 Å². The third-order valence-corrected chi connectivity index (χ3v) is 6.86. The van der Waals surface area contributed by atoms with Crippen LogP contribution >= 0.6 is 0 Å². The maximum atomic E-state index is 14.7. The first-order valence-corrected chi connectivity index (χ1v) is 13.3. The fraction of sp³-hybridized carbons (Fsp3) is 0.267. The minimum atomic E-state index is -1.49. The molecule has 1 aliphatic heterocycles. The number of nitrogens with one attached hydrogen (secondary N) is 2. The van der Waals surface area contributed by atoms with Crippen LogP contribution in [-0.4, -0.2) is 34.0 Å². The number of aryl methyl sites for hydroxylation is 1. The SMILES string of the molecule is CC.COc1cc2c(CNC(=O)NCc3ccc(N)cc3)c3c(nc2cc1F)-c1cc(C)c(COC(=O)O)c(=O)n1C3. The van der Waals surface area contributed by atoms with Gasteiger partial charge in [-0.05, 0) is 47.9 Å². The number of carboxylic acid groups (broad SMARTS) is 1. The Morgan fingerprint density at radius 1 is 1.10 bits per heavy atom. The van der Waals surface area contributed by atoms with Gasteiger partial charge in [-0.3, -0.25) is 4.79 Å². The highest BCUT2D eigenvalue weighted by molar-refractivity contribution is 5.89. The lowest BCUT2D eigenvalue weighted by Crippen LogP contribution is -2.35. The highest BCUT2D eigenvalue weighted by Crippen LogP contribution is 2.37. The maximum absolute atomic E-state index is 14.7. The molecule has 0 unspecified atom stereocenters. The summed E-state index contributed by atoms with van der Waals surface area (Å²) in [6, 6.07) is 11.2. The molecule has 0 fully saturated rings. The van der Waals surface area contributed by atoms with E-state index >= 15 is 0 Å². The number of carbonyl (C=O) groups is 2. The van der Waals surface area contributed by atoms with Crippen molar-refractivity contribution in [3.8, 4) is 17.1 Å². The Hall–Kier alpha value is -5.13. The first-order chi connectivity index (χ1) is 20.2. The lowest BCUT2D eigenvalue weighted by atomic mass is 9.99. The molecule has 0 aliphatic carbocycles. The molecule has 42 heavy (non-hydrogen) atoms. The third-order valence-electron chi connectivity index (χ3n) is 6.86. The summed E-state index contributed by atoms with van der Waals surface area (Å²) in [6.07, 6.45) is -1.49. The van der Waals surface area contributed by atoms with Crippen molar-refractivity contribution in [1.29, 1.82) is 0 Å². The summed E-state index contributed by atoms with van der Waals surface area (Å²) in [7, 11) is 1.35. The van der Waals surface area contributed by atoms with Crippen molar-refractivity contribution in [2.24, 2.45) is 0 Å². The number of urea groups is 1. The average molecular weight is 578 g/mol. The van der Waals surface area contributed by atoms with Crippen molar-refractivity contribution in [2.75, 3.05) is 12.8 Å². The van der Waals surface area contributed by atoms with E-state index in [0.29, 0.717) is 44.7 Å². The fourth-order valence-electron chi connectivity index (χ4n) is 4.79. The van der Waals surface area contributed by atoms with Crippen LogP contribution in [0.2, 0.25) is 0 Å². The van der Waals surface area contributed by atoms with Crippen molar-refractivity contribution in [3.63, 3.8) is 0 Å². The molecule has 220 valence electrons. The van der Waals surface area contributed by atoms with E-state index in [2.05, 4.69) is 20.4 Å². The number of amides is 2. The molecule has 0 radical (unpaired) electrons. The Morgan fingerprint density at radius 2 is 1.79 bits per heavy atom. The zero-order valence-electron chi connectivity index (χ0n) is 23.7. The van der Waals surface area contributed by atoms with Crippen LogP contribution < -0.4 is 26.7 Å². The second-order valence-electron chi connectivity index (χ2n) is 9.34. The van der Waals surface area contributed by atoms with Crippen molar-refractivity contribution >= 4 is 28.8 Å². The molecule has 2 aromatic heterocycles. The van der Waals surface area contributed by atoms with Crippen LogP contribution in [0.15, 0.2) is 47.3 Å². The number of nitrogen functional groups attached to an aromatic ring is 1. The number of carbonyl (C=O) groups excluding carboxylic acids is 1. The summed E-state index contributed by atoms with van der Waals surface area (Å²) in [5, 5.41) is 15.1. The number of pyridine rings is 2. The van der Waals surface area contributed by atoms with Gasteiger partial charge in [-0.1, -0.05) is 26.0 Å². The minimum absolute atomic E-state index is 0.0138. The van der Waals surface area contributed by atoms with E-state index in [1.165, 1.54) is 23.8 Å². The van der Waals surface area contributed by atoms with E-state index in [1.807, 2.05) is 26.0 Å². The first kappa shape index (κ1) is 29.8. The Balaban J connectivity index is 0.00000198. The number of ether oxygens (including phenoxy) is 2. The number of nitrogens with two attached hydrogens (primary N) is 1. The fourth-order valence-corrected chi connectivity index (χ4v) is 4.79. The Bertz CT molecular complexity index is 1720. The van der Waals surface area contributed by atoms with Gasteiger partial charge in [0.05, 0.1) is 36.1 Å². The number of rotatable bonds is 7. The molecule has 0 spiro atoms. The van der Waals surface area contributed by atoms with Crippen molar-refractivity contribution in [2.45, 2.75) is 47.0 Å². The van der Waals surface area contributed by atoms with Crippen LogP contribution in [0.25, 0.3) is 22.3 Å². The number of aromatic nitrogens is 2. The smallest absolute Gasteiger partial charge is 0.494 e. The van der Waals surface area contributed by atoms with Crippen LogP contribution in [0, 0.1) is 12.7 Å². The van der Waals surface area contributed by atoms with Crippen LogP contribution in [0.3, 0.4) is 0 Å². The monoisotopic (exact) mass is 577 g/mol. The van der Waals surface area contributed by atoms with Crippen LogP contribution in [0.4, 0.5) is 19.7 Å². The topological polar surface area (TPSA) is 158 Å². The molecular weight excluding hydrogens is 545 g/mol. The molecule has 2 aromatic carbocycles. The molecule has 1 aliphatic rings. The Morgan fingerprint density at radius 3 is 2.45 bits per heavy atom. The number of fused-ring (bicyclic) bond motifs is 4. The summed E-state index contributed by atoms with van der Waals surface area (Å²) in [5.41, 5.74) is 10.2. The van der Waals surface area contributed by atoms with Crippen LogP contribution in [-0.2, 0) is 31.0 Å². The molecule has 4 aromatic rings. The molecule has 0 atom stereocenters. The second kappa shape index (κ2) is 12.6. The van der Waals surface area contributed by atoms with Gasteiger partial charge in [-0.25, -0.2) is 19.0 Å². The average Bonchev–Trinajstić information content (AvgIpc) is 3.33. The predicted molar refractivity (Wildman–Crippen MR) is 156 cm³/mol. The van der Waals surface area contributed by atoms with E-state index < -0.39 is 30.2 Å². The zero-order valence-corrected chi connectivity index (χ0v) is 23.7. The standard InChI is InChI=1S/C28H26FN5O6.C2H6/c1-14-7-23-25-19(12-34(23)26(35)20(14)13-40-28(37)38)18(17-8-24(39-2)21(29)9-22(17)33-25)11-32-27(36)31-10-15-3-5-16(30)6-4-15;1-2/h3-9H,10-13,30H2,1-2H3,(H,37,38)(H2,31,32,36);1-2H3. The summed E-state index contributed by atoms with van der Waals surface area (Å²) in [6.45, 7) is 5.75. The lowest BCUT2D eigenvalue weighted by Gasteiger charge is -2.15. The lowest BCUT2D eigenvalue weighted by molar-refractivity contribution is 0.0848. The largest absolute Gasteiger partial charge is 0.506 e. The van der Waals surface area contributed by atoms with E-state index in [-0.39, 0.29) is 30.9 Å². The summed E-state index contributed by atoms with van der Waals surface area (Å²) >= 11 is 0. The second-order valence-corrected chi connectivity index (χ2v) is 9.34. The highest BCUT2D eigenvalue weighted by Gasteiger charge is 2.28. The molecule has 5 rings (SSSR count). The zero-order chi connectivity index (χ0) is 30.6. The van der Waals surface area contributed by atoms with Gasteiger partial charge in [-0.15, -0.1) is 0 Å². The molecule has 3 heterocycles. The molecule has 2 amide bonds. The maximum Gasteiger partial charge on any atom is 0.506 e. The van der Waals surface area contributed by atoms with Gasteiger partial charge in [0.15, 0.2) is 11.6 Å². The first-order valence-electron chi connectivity index (χ1n) is 13.3. The van der Waals surface area contributed by atoms with Gasteiger partial charge in [0.2, 0.25) is 0 Å². The number of hydrogen-bond acceptors (Lipinski definition) is 7. The van der Waals surface area contributed by atoms with Crippen molar-refractivity contribution < 1.29 is 28.6 Å². The van der Waals surface area contributed by atoms with Crippen LogP contribution in [0.1, 0.15) is 41.7 Å². The van der Waals surface area contributed by atoms with Gasteiger partial charge in [0.1, 0.15) is 6.61 Å². The van der Waals surface area contributed by atoms with E-state index in [1.54, 1.807) is 25.1 Å². The van der Waals surface area contributed by atoms with Gasteiger partial charge >= 0.3 is 12.2 Å². The van der Waals surface area contributed by atoms with Gasteiger partial charge in [0.25, 0.3) is 5.56 Å². The number of methoxy groups -OCH3 is 1. The summed E-state index contributed by atoms with van der Waals surface area (Å²) < 4.78 is 26.0. The van der Waals surface area contributed by atoms with Crippen LogP contribution in [0.5, 0.6) is 5.75 Å². The molecule has 12 heteroatoms. The molecule has 5 N–H and O–H groups in total. The van der Waals surface area contributed by atoms with E-state index in [9.17, 15) is 18.8 Å². The highest BCUT2D eigenvalue weighted by atomic mass is 19.1. The number of hydrogen-bond donors (Lipinski definition) is 4. The number of halogens is 1. The van der Waals surface area contributed by atoms with Crippen molar-refractivity contribution in [3.05, 3.63) is 86.5 Å². The Kier molecular flexibility index (Phi) is 8.94. The predicted octanol–water partition coefficient (Wildman–Crippen LogP) is 4.68. The van der Waals surface area contributed by atoms with Gasteiger partial charge in [0, 0.05) is 35.8 Å². The van der Waals surface area contributed by atoms with Gasteiger partial charge < -0.3 is 35.5 Å². The number of nitrogens with zero attached hydrogens (tertiary/aromatic N) is 2. The van der Waals surface area contributed by atoms with Crippen molar-refractivity contribution in [1.82, 2.24) is 20.2 Å². The minimum Gasteiger partial charge on any atom is -0.494 e. The molecule has 0 saturated carbocycles. The molecule has 0 saturated heterocycles. The summed E-state index contributed by atoms with van der Waals surface area (Å²) in [4.78, 5) is 41.6. The number of anilines is 1. The summed E-state index contributed by atoms with van der Waals surface area (Å²) in [5.74, 6) is -0.588. The molecule has 11 nitrogen and oxygen atoms in total. The molecular formula is C30H32FN5O6. The quantitative estimate of drug-likeness (QED) is 0.160.